The minimum atomic E-state index is -4.57. The maximum atomic E-state index is 11.6. The van der Waals surface area contributed by atoms with Crippen LogP contribution in [-0.2, 0) is 31.9 Å². The van der Waals surface area contributed by atoms with Crippen LogP contribution in [0.4, 0.5) is 0 Å². The van der Waals surface area contributed by atoms with Crippen LogP contribution >= 0.6 is 0 Å². The predicted octanol–water partition coefficient (Wildman–Crippen LogP) is 15.9. The van der Waals surface area contributed by atoms with E-state index < -0.39 is 299 Å². The van der Waals surface area contributed by atoms with E-state index in [1.54, 1.807) is 0 Å². The van der Waals surface area contributed by atoms with Gasteiger partial charge >= 0.3 is 0 Å². The number of aliphatic hydroxyl groups excluding tert-OH is 4. The average Bonchev–Trinajstić information content (AvgIpc) is 0.634. The van der Waals surface area contributed by atoms with Gasteiger partial charge in [-0.05, 0) is 270 Å². The number of benzene rings is 5. The highest BCUT2D eigenvalue weighted by Crippen LogP contribution is 2.51. The standard InChI is InChI=1S/2C20H31NO3.3C19H29NO3/c2*1-20(2,3)11-14-12-21-7-6-13-8-18(23-4)19(24-5)9-15(13)16(21)10-17(14)22;3*1-12(2)7-14-11-20-6-5-13-8-18(22-3)19(23-4)9-15(13)16(20)10-17(14)21/h2*8-9,14,16-17,22H,6-7,10-12H2,1-5H3;3*8-9,12,14,16-17,21H,5-7,10-11H2,1-4H3/i1D3,2D3,5D3,6D2,7D2,10D2,11D2,12D2,14D,17D;1D3,2D3,6D2,7D2,11D2,12D2,16D;4D3,5D2,6D2,11D2,16D;2*5D2,6D2,11D2,16D. The molecule has 15 atom stereocenters. The summed E-state index contributed by atoms with van der Waals surface area (Å²) in [6, 6.07) is -0.364. The number of aryl methyl sites for hydroxylation is 5. The van der Waals surface area contributed by atoms with Gasteiger partial charge in [-0.3, -0.25) is 24.5 Å². The first-order valence-electron chi connectivity index (χ1n) is 67.9. The monoisotopic (exact) mass is 1680 g/mol. The SMILES string of the molecule is [2H]C([2H])([2H])Oc1cc2c(cc1OC)C([2H])([2H])C([2H])([2H])N1C2([2H])CC(O)C(CC(C)C)C1([2H])[2H].[2H]C([2H])([2H])Oc1cc2c(cc1OC)C([2H])([2H])C([2H])([2H])N1C2C([2H])([2H])C([2H])(O)C([2H])(C([2H])([2H])C(C)(C([2H])([2H])[2H])C([2H])([2H])[2H])C1([2H])[2H].[2H]C12CC(O)C(C([2H])([2H])C(C)(C([2H])([2H])[2H])C([2H])([2H])[2H])C([2H])([2H])N1C([2H])([2H])C([2H])([2H])c1cc(OC)c(OC)cc12.[2H]C12CC(O)C(CC(C)C)C([2H])([2H])N1C([2H])([2H])C([2H])([2H])c1cc(OC)c(OC)cc12.[2H]C12CC(O)C(CC(C)C)C([2H])([2H])N1C([2H])([2H])C([2H])([2H])c1cc(OC)c(OC)cc12. The second-order valence-corrected chi connectivity index (χ2v) is 30.5. The first kappa shape index (κ1) is 40.8. The van der Waals surface area contributed by atoms with Crippen molar-refractivity contribution in [1.29, 1.82) is 0 Å². The molecular weight excluding hydrogens is 1480 g/mol. The maximum absolute atomic E-state index is 11.6. The van der Waals surface area contributed by atoms with Crippen molar-refractivity contribution in [3.8, 4) is 57.5 Å². The van der Waals surface area contributed by atoms with Crippen LogP contribution in [0.2, 0.25) is 0 Å². The fraction of sp³-hybridized carbons (Fsp3) is 0.691. The zero-order chi connectivity index (χ0) is 137. The molecule has 5 aromatic rings. The summed E-state index contributed by atoms with van der Waals surface area (Å²) in [6.45, 7) is -34.2. The third-order valence-corrected chi connectivity index (χ3v) is 20.1. The molecule has 0 bridgehead atoms. The van der Waals surface area contributed by atoms with E-state index in [-0.39, 0.29) is 152 Å². The summed E-state index contributed by atoms with van der Waals surface area (Å²) >= 11 is 0. The molecule has 5 saturated heterocycles. The number of hydrogen-bond acceptors (Lipinski definition) is 20. The van der Waals surface area contributed by atoms with Crippen molar-refractivity contribution in [1.82, 2.24) is 24.5 Å². The molecule has 20 heteroatoms. The molecule has 0 spiro atoms. The van der Waals surface area contributed by atoms with Gasteiger partial charge < -0.3 is 72.9 Å². The molecule has 10 aliphatic rings. The van der Waals surface area contributed by atoms with Gasteiger partial charge in [0.25, 0.3) is 0 Å². The molecule has 5 N–H and O–H groups in total. The van der Waals surface area contributed by atoms with E-state index in [0.717, 1.165) is 37.4 Å². The van der Waals surface area contributed by atoms with Crippen LogP contribution in [0.25, 0.3) is 0 Å². The topological polar surface area (TPSA) is 210 Å². The lowest BCUT2D eigenvalue weighted by molar-refractivity contribution is -0.0259. The van der Waals surface area contributed by atoms with Crippen molar-refractivity contribution in [3.05, 3.63) is 116 Å². The van der Waals surface area contributed by atoms with Crippen molar-refractivity contribution in [2.45, 2.75) is 239 Å². The first-order chi connectivity index (χ1) is 78.8. The molecule has 10 aliphatic heterocycles. The molecule has 0 saturated carbocycles. The molecule has 117 heavy (non-hydrogen) atoms. The molecule has 15 unspecified atom stereocenters. The Balaban J connectivity index is 0.000000208. The van der Waals surface area contributed by atoms with Gasteiger partial charge in [0.15, 0.2) is 57.5 Å². The Kier molecular flexibility index (Phi) is 14.0. The second-order valence-electron chi connectivity index (χ2n) is 30.5. The van der Waals surface area contributed by atoms with Gasteiger partial charge in [-0.15, -0.1) is 0 Å². The van der Waals surface area contributed by atoms with E-state index in [2.05, 4.69) is 0 Å². The van der Waals surface area contributed by atoms with E-state index >= 15 is 0 Å². The van der Waals surface area contributed by atoms with Crippen LogP contribution in [0.3, 0.4) is 0 Å². The van der Waals surface area contributed by atoms with Crippen LogP contribution in [0, 0.1) is 58.1 Å². The number of fused-ring (bicyclic) bond motifs is 15. The van der Waals surface area contributed by atoms with Gasteiger partial charge in [-0.2, -0.15) is 0 Å². The quantitative estimate of drug-likeness (QED) is 0.0552. The number of ether oxygens (including phenoxy) is 10. The molecule has 10 heterocycles. The molecule has 20 nitrogen and oxygen atoms in total. The summed E-state index contributed by atoms with van der Waals surface area (Å²) in [5.74, 6) is -11.0. The van der Waals surface area contributed by atoms with Crippen LogP contribution in [-0.4, -0.2) is 216 Å². The van der Waals surface area contributed by atoms with Gasteiger partial charge in [-0.1, -0.05) is 82.8 Å². The summed E-state index contributed by atoms with van der Waals surface area (Å²) in [6.07, 6.45) is -38.1. The number of nitrogens with zero attached hydrogens (tertiary/aromatic N) is 5. The largest absolute Gasteiger partial charge is 0.493 e. The molecule has 0 aliphatic carbocycles. The van der Waals surface area contributed by atoms with Crippen molar-refractivity contribution >= 4 is 0 Å². The summed E-state index contributed by atoms with van der Waals surface area (Å²) in [5.41, 5.74) is -9.93. The number of piperidine rings is 5. The van der Waals surface area contributed by atoms with Crippen LogP contribution < -0.4 is 47.4 Å². The lowest BCUT2D eigenvalue weighted by atomic mass is 9.75. The van der Waals surface area contributed by atoms with Gasteiger partial charge in [0.2, 0.25) is 0 Å². The Morgan fingerprint density at radius 3 is 0.915 bits per heavy atom. The lowest BCUT2D eigenvalue weighted by Crippen LogP contribution is -2.48. The van der Waals surface area contributed by atoms with Gasteiger partial charge in [-0.25, -0.2) is 0 Å². The third kappa shape index (κ3) is 22.0. The fourth-order valence-corrected chi connectivity index (χ4v) is 14.6. The Morgan fingerprint density at radius 1 is 0.368 bits per heavy atom. The number of rotatable bonds is 18. The van der Waals surface area contributed by atoms with E-state index in [0.29, 0.717) is 27.7 Å². The molecule has 652 valence electrons. The van der Waals surface area contributed by atoms with E-state index in [1.807, 2.05) is 41.5 Å². The Hall–Kier alpha value is -6.30. The summed E-state index contributed by atoms with van der Waals surface area (Å²) in [4.78, 5) is 1.74. The van der Waals surface area contributed by atoms with E-state index in [1.165, 1.54) is 74.0 Å². The molecule has 15 rings (SSSR count). The summed E-state index contributed by atoms with van der Waals surface area (Å²) < 4.78 is 559. The van der Waals surface area contributed by atoms with Gasteiger partial charge in [0, 0.05) is 162 Å². The summed E-state index contributed by atoms with van der Waals surface area (Å²) in [7, 11) is 4.18. The zero-order valence-electron chi connectivity index (χ0n) is 128. The van der Waals surface area contributed by atoms with Crippen LogP contribution in [0.5, 0.6) is 57.5 Å². The summed E-state index contributed by atoms with van der Waals surface area (Å²) in [5, 5.41) is 55.4. The lowest BCUT2D eigenvalue weighted by Gasteiger charge is -2.47. The Bertz CT molecular complexity index is 6740. The van der Waals surface area contributed by atoms with Crippen molar-refractivity contribution in [2.24, 2.45) is 58.1 Å². The number of methoxy groups -OCH3 is 10. The van der Waals surface area contributed by atoms with Crippen molar-refractivity contribution in [2.75, 3.05) is 136 Å². The van der Waals surface area contributed by atoms with E-state index in [9.17, 15) is 31.0 Å². The minimum Gasteiger partial charge on any atom is -0.493 e. The first-order valence-corrected chi connectivity index (χ1v) is 37.9. The third-order valence-electron chi connectivity index (χ3n) is 20.1. The minimum absolute atomic E-state index is 0.00678. The van der Waals surface area contributed by atoms with Gasteiger partial charge in [0.1, 0.15) is 0 Å². The van der Waals surface area contributed by atoms with Gasteiger partial charge in [0.05, 0.1) is 117 Å². The smallest absolute Gasteiger partial charge is 0.161 e. The van der Waals surface area contributed by atoms with Crippen LogP contribution in [0.1, 0.15) is 315 Å². The van der Waals surface area contributed by atoms with Crippen molar-refractivity contribution in [3.63, 3.8) is 0 Å². The molecule has 5 fully saturated rings. The highest BCUT2D eigenvalue weighted by atomic mass is 16.5. The molecule has 5 aromatic carbocycles. The van der Waals surface area contributed by atoms with Crippen molar-refractivity contribution < 1.29 is 155 Å². The molecular formula is C97H149N5O15. The second kappa shape index (κ2) is 40.1. The molecule has 0 amide bonds. The van der Waals surface area contributed by atoms with Crippen LogP contribution in [0.15, 0.2) is 60.7 Å². The number of aliphatic hydroxyl groups is 5. The average molecular weight is 1690 g/mol. The fourth-order valence-electron chi connectivity index (χ4n) is 14.6. The Labute approximate surface area is 786 Å². The molecule has 0 aromatic heterocycles. The highest BCUT2D eigenvalue weighted by molar-refractivity contribution is 5.54. The Morgan fingerprint density at radius 2 is 0.624 bits per heavy atom. The molecule has 0 radical (unpaired) electrons. The number of hydrogen-bond donors (Lipinski definition) is 5. The zero-order valence-corrected chi connectivity index (χ0v) is 68.2. The van der Waals surface area contributed by atoms with E-state index in [4.69, 9.17) is 124 Å². The maximum Gasteiger partial charge on any atom is 0.161 e. The predicted molar refractivity (Wildman–Crippen MR) is 465 cm³/mol. The highest BCUT2D eigenvalue weighted by Gasteiger charge is 2.45. The normalized spacial score (nSPS) is 46.5.